The van der Waals surface area contributed by atoms with E-state index in [0.29, 0.717) is 18.1 Å². The molecule has 0 radical (unpaired) electrons. The van der Waals surface area contributed by atoms with Gasteiger partial charge in [-0.2, -0.15) is 0 Å². The number of anilines is 1. The van der Waals surface area contributed by atoms with E-state index in [0.717, 1.165) is 73.3 Å². The molecule has 10 heteroatoms. The molecule has 36 heavy (non-hydrogen) atoms. The van der Waals surface area contributed by atoms with Crippen molar-refractivity contribution in [3.05, 3.63) is 58.4 Å². The second-order valence-corrected chi connectivity index (χ2v) is 10.9. The van der Waals surface area contributed by atoms with Crippen LogP contribution >= 0.6 is 11.6 Å². The number of aromatic nitrogens is 5. The topological polar surface area (TPSA) is 83.3 Å². The Balaban J connectivity index is 1.32. The molecule has 0 spiro atoms. The molecule has 188 valence electrons. The van der Waals surface area contributed by atoms with Gasteiger partial charge in [0.1, 0.15) is 11.4 Å². The number of rotatable bonds is 4. The van der Waals surface area contributed by atoms with Crippen molar-refractivity contribution in [3.8, 4) is 5.69 Å². The first kappa shape index (κ1) is 23.4. The fourth-order valence-corrected chi connectivity index (χ4v) is 5.91. The first-order chi connectivity index (χ1) is 17.4. The fourth-order valence-electron chi connectivity index (χ4n) is 5.72. The number of aryl methyl sites for hydroxylation is 1. The third-order valence-electron chi connectivity index (χ3n) is 7.79. The van der Waals surface area contributed by atoms with Crippen LogP contribution in [0, 0.1) is 6.92 Å². The van der Waals surface area contributed by atoms with Crippen LogP contribution in [-0.4, -0.2) is 73.2 Å². The van der Waals surface area contributed by atoms with Crippen LogP contribution in [0.3, 0.4) is 0 Å². The van der Waals surface area contributed by atoms with Crippen LogP contribution in [0.4, 0.5) is 5.95 Å². The van der Waals surface area contributed by atoms with Crippen LogP contribution in [-0.2, 0) is 17.9 Å². The Morgan fingerprint density at radius 2 is 1.89 bits per heavy atom. The van der Waals surface area contributed by atoms with Gasteiger partial charge in [-0.25, -0.2) is 9.97 Å². The third-order valence-corrected chi connectivity index (χ3v) is 8.02. The monoisotopic (exact) mass is 506 g/mol. The molecule has 2 aliphatic heterocycles. The van der Waals surface area contributed by atoms with E-state index in [4.69, 9.17) is 16.7 Å². The molecular formula is C26H31ClN8O. The highest BCUT2D eigenvalue weighted by molar-refractivity contribution is 6.30. The summed E-state index contributed by atoms with van der Waals surface area (Å²) in [5.41, 5.74) is 2.68. The molecule has 2 aromatic heterocycles. The molecule has 1 saturated heterocycles. The second kappa shape index (κ2) is 8.81. The van der Waals surface area contributed by atoms with E-state index in [2.05, 4.69) is 35.5 Å². The van der Waals surface area contributed by atoms with E-state index in [9.17, 15) is 4.79 Å². The van der Waals surface area contributed by atoms with Crippen LogP contribution in [0.5, 0.6) is 0 Å². The van der Waals surface area contributed by atoms with E-state index in [-0.39, 0.29) is 11.8 Å². The summed E-state index contributed by atoms with van der Waals surface area (Å²) in [5.74, 6) is 3.10. The maximum atomic E-state index is 13.2. The lowest BCUT2D eigenvalue weighted by Crippen LogP contribution is -2.48. The molecule has 0 bridgehead atoms. The number of amides is 1. The molecule has 2 fully saturated rings. The summed E-state index contributed by atoms with van der Waals surface area (Å²) in [7, 11) is 3.67. The first-order valence-electron chi connectivity index (χ1n) is 12.6. The van der Waals surface area contributed by atoms with Crippen molar-refractivity contribution in [1.82, 2.24) is 34.5 Å². The van der Waals surface area contributed by atoms with Gasteiger partial charge < -0.3 is 9.80 Å². The molecule has 0 unspecified atom stereocenters. The van der Waals surface area contributed by atoms with Gasteiger partial charge in [0.15, 0.2) is 5.82 Å². The van der Waals surface area contributed by atoms with Crippen molar-refractivity contribution in [3.63, 3.8) is 0 Å². The predicted molar refractivity (Wildman–Crippen MR) is 137 cm³/mol. The van der Waals surface area contributed by atoms with Crippen molar-refractivity contribution in [2.24, 2.45) is 0 Å². The lowest BCUT2D eigenvalue weighted by atomic mass is 9.95. The van der Waals surface area contributed by atoms with Gasteiger partial charge in [-0.3, -0.25) is 14.3 Å². The molecule has 1 saturated carbocycles. The number of fused-ring (bicyclic) bond motifs is 3. The summed E-state index contributed by atoms with van der Waals surface area (Å²) >= 11 is 6.44. The minimum absolute atomic E-state index is 0.157. The van der Waals surface area contributed by atoms with Gasteiger partial charge >= 0.3 is 0 Å². The number of piperidine rings is 1. The summed E-state index contributed by atoms with van der Waals surface area (Å²) in [6, 6.07) is 7.95. The number of carbonyl (C=O) groups excluding carboxylic acids is 1. The Bertz CT molecular complexity index is 1310. The van der Waals surface area contributed by atoms with Crippen LogP contribution in [0.1, 0.15) is 54.5 Å². The van der Waals surface area contributed by atoms with E-state index >= 15 is 0 Å². The number of carbonyl (C=O) groups is 1. The summed E-state index contributed by atoms with van der Waals surface area (Å²) < 4.78 is 2.23. The van der Waals surface area contributed by atoms with Crippen molar-refractivity contribution >= 4 is 23.5 Å². The summed E-state index contributed by atoms with van der Waals surface area (Å²) in [6.07, 6.45) is 5.45. The maximum Gasteiger partial charge on any atom is 0.242 e. The van der Waals surface area contributed by atoms with Gasteiger partial charge in [0, 0.05) is 56.6 Å². The third kappa shape index (κ3) is 3.94. The number of hydrogen-bond acceptors (Lipinski definition) is 7. The van der Waals surface area contributed by atoms with Gasteiger partial charge in [-0.05, 0) is 62.4 Å². The Morgan fingerprint density at radius 1 is 1.11 bits per heavy atom. The van der Waals surface area contributed by atoms with Crippen LogP contribution in [0.2, 0.25) is 5.02 Å². The lowest BCUT2D eigenvalue weighted by Gasteiger charge is -2.31. The van der Waals surface area contributed by atoms with E-state index in [1.54, 1.807) is 4.90 Å². The van der Waals surface area contributed by atoms with Gasteiger partial charge in [0.25, 0.3) is 0 Å². The Morgan fingerprint density at radius 3 is 2.58 bits per heavy atom. The Kier molecular flexibility index (Phi) is 5.72. The average Bonchev–Trinajstić information content (AvgIpc) is 3.61. The molecule has 6 rings (SSSR count). The molecule has 1 aromatic carbocycles. The van der Waals surface area contributed by atoms with Gasteiger partial charge in [0.2, 0.25) is 11.9 Å². The first-order valence-corrected chi connectivity index (χ1v) is 13.0. The number of hydrogen-bond donors (Lipinski definition) is 0. The van der Waals surface area contributed by atoms with Gasteiger partial charge in [-0.15, -0.1) is 10.2 Å². The molecule has 3 aromatic rings. The van der Waals surface area contributed by atoms with Gasteiger partial charge in [0.05, 0.1) is 12.2 Å². The highest BCUT2D eigenvalue weighted by atomic mass is 35.5. The van der Waals surface area contributed by atoms with E-state index in [1.165, 1.54) is 0 Å². The Labute approximate surface area is 216 Å². The molecule has 1 aliphatic carbocycles. The smallest absolute Gasteiger partial charge is 0.242 e. The zero-order valence-corrected chi connectivity index (χ0v) is 21.7. The molecule has 0 N–H and O–H groups in total. The Hall–Kier alpha value is -3.04. The minimum Gasteiger partial charge on any atom is -0.347 e. The van der Waals surface area contributed by atoms with Crippen molar-refractivity contribution in [1.29, 1.82) is 0 Å². The van der Waals surface area contributed by atoms with Crippen molar-refractivity contribution in [2.45, 2.75) is 57.2 Å². The molecule has 1 amide bonds. The summed E-state index contributed by atoms with van der Waals surface area (Å²) in [4.78, 5) is 28.5. The van der Waals surface area contributed by atoms with Crippen LogP contribution < -0.4 is 4.90 Å². The second-order valence-electron chi connectivity index (χ2n) is 10.4. The molecule has 0 atom stereocenters. The lowest BCUT2D eigenvalue weighted by molar-refractivity contribution is -0.136. The number of benzene rings is 1. The fraction of sp³-hybridized carbons (Fsp3) is 0.500. The maximum absolute atomic E-state index is 13.2. The summed E-state index contributed by atoms with van der Waals surface area (Å²) in [6.45, 7) is 4.97. The normalized spacial score (nSPS) is 19.4. The van der Waals surface area contributed by atoms with Crippen molar-refractivity contribution < 1.29 is 4.79 Å². The van der Waals surface area contributed by atoms with E-state index in [1.807, 2.05) is 45.4 Å². The summed E-state index contributed by atoms with van der Waals surface area (Å²) in [5, 5.41) is 10.1. The highest BCUT2D eigenvalue weighted by Crippen LogP contribution is 2.46. The standard InChI is InChI=1S/C26H31ClN8O/c1-17-6-11-28-25(29-17)33-12-7-18(8-13-33)23-31-30-22-16-34(26(9-10-26)24(36)32(2)3)15-19-14-20(27)4-5-21(19)35(22)23/h4-6,11,14,18H,7-10,12-13,15-16H2,1-3H3. The van der Waals surface area contributed by atoms with Crippen molar-refractivity contribution in [2.75, 3.05) is 32.1 Å². The molecule has 3 aliphatic rings. The zero-order chi connectivity index (χ0) is 25.0. The number of halogens is 1. The quantitative estimate of drug-likeness (QED) is 0.536. The molecule has 4 heterocycles. The zero-order valence-electron chi connectivity index (χ0n) is 21.0. The largest absolute Gasteiger partial charge is 0.347 e. The van der Waals surface area contributed by atoms with Crippen LogP contribution in [0.15, 0.2) is 30.5 Å². The van der Waals surface area contributed by atoms with Crippen LogP contribution in [0.25, 0.3) is 5.69 Å². The highest BCUT2D eigenvalue weighted by Gasteiger charge is 2.56. The van der Waals surface area contributed by atoms with Gasteiger partial charge in [-0.1, -0.05) is 11.6 Å². The molecular weight excluding hydrogens is 476 g/mol. The SMILES string of the molecule is Cc1ccnc(N2CCC(c3nnc4n3-c3ccc(Cl)cc3CN(C3(C(=O)N(C)C)CC3)C4)CC2)n1. The minimum atomic E-state index is -0.469. The van der Waals surface area contributed by atoms with E-state index < -0.39 is 5.54 Å². The predicted octanol–water partition coefficient (Wildman–Crippen LogP) is 3.34. The average molecular weight is 507 g/mol. The molecule has 9 nitrogen and oxygen atoms in total. The number of likely N-dealkylation sites (N-methyl/N-ethyl adjacent to an activating group) is 1. The number of nitrogens with zero attached hydrogens (tertiary/aromatic N) is 8.